The summed E-state index contributed by atoms with van der Waals surface area (Å²) in [6.07, 6.45) is 6.24. The number of aromatic amines is 1. The number of carboxylic acids is 1. The Morgan fingerprint density at radius 2 is 1.91 bits per heavy atom. The fourth-order valence-corrected chi connectivity index (χ4v) is 5.55. The van der Waals surface area contributed by atoms with Gasteiger partial charge in [0.2, 0.25) is 0 Å². The number of carboxylic acid groups (broad SMARTS) is 1. The van der Waals surface area contributed by atoms with Crippen molar-refractivity contribution in [2.75, 3.05) is 31.5 Å². The Bertz CT molecular complexity index is 1210. The van der Waals surface area contributed by atoms with E-state index in [1.54, 1.807) is 12.1 Å². The predicted octanol–water partition coefficient (Wildman–Crippen LogP) is 3.52. The van der Waals surface area contributed by atoms with Crippen LogP contribution in [0.25, 0.3) is 11.6 Å². The number of aromatic carboxylic acids is 1. The molecule has 0 saturated carbocycles. The van der Waals surface area contributed by atoms with Crippen LogP contribution in [0.2, 0.25) is 0 Å². The predicted molar refractivity (Wildman–Crippen MR) is 130 cm³/mol. The molecule has 3 N–H and O–H groups in total. The third-order valence-electron chi connectivity index (χ3n) is 7.33. The van der Waals surface area contributed by atoms with Crippen molar-refractivity contribution < 1.29 is 19.5 Å². The van der Waals surface area contributed by atoms with Crippen LogP contribution in [-0.2, 0) is 4.79 Å². The molecule has 3 aliphatic rings. The number of nitrogens with zero attached hydrogens (tertiary/aromatic N) is 2. The van der Waals surface area contributed by atoms with Crippen LogP contribution in [0.4, 0.5) is 5.69 Å². The number of anilines is 1. The van der Waals surface area contributed by atoms with E-state index in [4.69, 9.17) is 0 Å². The number of benzene rings is 1. The van der Waals surface area contributed by atoms with Gasteiger partial charge in [0.05, 0.1) is 16.7 Å². The fraction of sp³-hybridized carbons (Fsp3) is 0.423. The van der Waals surface area contributed by atoms with Gasteiger partial charge in [0.1, 0.15) is 0 Å². The lowest BCUT2D eigenvalue weighted by Crippen LogP contribution is -2.42. The van der Waals surface area contributed by atoms with Gasteiger partial charge in [-0.05, 0) is 82.5 Å². The smallest absolute Gasteiger partial charge is 0.335 e. The highest BCUT2D eigenvalue weighted by molar-refractivity contribution is 6.35. The molecule has 0 aliphatic carbocycles. The number of nitrogens with one attached hydrogen (secondary N) is 2. The number of carbonyl (C=O) groups is 3. The van der Waals surface area contributed by atoms with E-state index in [1.165, 1.54) is 25.0 Å². The minimum atomic E-state index is -1.05. The van der Waals surface area contributed by atoms with Crippen LogP contribution >= 0.6 is 0 Å². The number of likely N-dealkylation sites (tertiary alicyclic amines) is 2. The quantitative estimate of drug-likeness (QED) is 0.590. The highest BCUT2D eigenvalue weighted by atomic mass is 16.4. The Kier molecular flexibility index (Phi) is 5.77. The SMILES string of the molecule is Cc1[nH]c(/C=C2\C(=O)Nc3ccc(C(=O)O)cc32)c(C)c1C(=O)N1CCC[C@H]1CN1CCCC1. The van der Waals surface area contributed by atoms with Crippen molar-refractivity contribution in [3.8, 4) is 0 Å². The summed E-state index contributed by atoms with van der Waals surface area (Å²) >= 11 is 0. The molecule has 2 amide bonds. The van der Waals surface area contributed by atoms with Crippen molar-refractivity contribution in [2.45, 2.75) is 45.6 Å². The summed E-state index contributed by atoms with van der Waals surface area (Å²) in [5, 5.41) is 12.1. The first-order chi connectivity index (χ1) is 16.3. The number of fused-ring (bicyclic) bond motifs is 1. The Hall–Kier alpha value is -3.39. The number of rotatable bonds is 5. The van der Waals surface area contributed by atoms with E-state index in [2.05, 4.69) is 15.2 Å². The van der Waals surface area contributed by atoms with Gasteiger partial charge >= 0.3 is 5.97 Å². The highest BCUT2D eigenvalue weighted by Gasteiger charge is 2.34. The Morgan fingerprint density at radius 1 is 1.15 bits per heavy atom. The van der Waals surface area contributed by atoms with E-state index in [0.717, 1.165) is 50.3 Å². The minimum Gasteiger partial charge on any atom is -0.478 e. The standard InChI is InChI=1S/C26H30N4O4/c1-15-22(13-20-19-12-17(26(33)34)7-8-21(19)28-24(20)31)27-16(2)23(15)25(32)30-11-5-6-18(30)14-29-9-3-4-10-29/h7-8,12-13,18,27H,3-6,9-11,14H2,1-2H3,(H,28,31)(H,33,34)/b20-13-/t18-/m0/s1. The summed E-state index contributed by atoms with van der Waals surface area (Å²) in [4.78, 5) is 45.5. The maximum atomic E-state index is 13.6. The molecular formula is C26H30N4O4. The summed E-state index contributed by atoms with van der Waals surface area (Å²) < 4.78 is 0. The van der Waals surface area contributed by atoms with Crippen LogP contribution in [0, 0.1) is 13.8 Å². The van der Waals surface area contributed by atoms with E-state index in [0.29, 0.717) is 28.1 Å². The molecule has 34 heavy (non-hydrogen) atoms. The van der Waals surface area contributed by atoms with Gasteiger partial charge in [-0.25, -0.2) is 4.79 Å². The van der Waals surface area contributed by atoms with E-state index >= 15 is 0 Å². The summed E-state index contributed by atoms with van der Waals surface area (Å²) in [5.74, 6) is -1.29. The molecule has 2 saturated heterocycles. The first-order valence-corrected chi connectivity index (χ1v) is 12.0. The first-order valence-electron chi connectivity index (χ1n) is 12.0. The zero-order valence-corrected chi connectivity index (χ0v) is 19.6. The van der Waals surface area contributed by atoms with Crippen molar-refractivity contribution in [1.29, 1.82) is 0 Å². The third-order valence-corrected chi connectivity index (χ3v) is 7.33. The van der Waals surface area contributed by atoms with Gasteiger partial charge in [-0.2, -0.15) is 0 Å². The zero-order chi connectivity index (χ0) is 24.0. The number of hydrogen-bond acceptors (Lipinski definition) is 4. The Labute approximate surface area is 198 Å². The van der Waals surface area contributed by atoms with Gasteiger partial charge in [0, 0.05) is 41.8 Å². The van der Waals surface area contributed by atoms with Crippen molar-refractivity contribution in [3.05, 3.63) is 51.8 Å². The molecule has 0 spiro atoms. The number of H-pyrrole nitrogens is 1. The largest absolute Gasteiger partial charge is 0.478 e. The van der Waals surface area contributed by atoms with Gasteiger partial charge in [0.15, 0.2) is 0 Å². The van der Waals surface area contributed by atoms with Crippen molar-refractivity contribution in [2.24, 2.45) is 0 Å². The second kappa shape index (κ2) is 8.76. The summed E-state index contributed by atoms with van der Waals surface area (Å²) in [6, 6.07) is 4.82. The monoisotopic (exact) mass is 462 g/mol. The van der Waals surface area contributed by atoms with Gasteiger partial charge in [0.25, 0.3) is 11.8 Å². The van der Waals surface area contributed by atoms with Crippen molar-refractivity contribution in [1.82, 2.24) is 14.8 Å². The average Bonchev–Trinajstić information content (AvgIpc) is 3.58. The van der Waals surface area contributed by atoms with E-state index in [1.807, 2.05) is 18.7 Å². The third kappa shape index (κ3) is 3.92. The van der Waals surface area contributed by atoms with Gasteiger partial charge in [-0.3, -0.25) is 9.59 Å². The first kappa shape index (κ1) is 22.4. The van der Waals surface area contributed by atoms with E-state index < -0.39 is 5.97 Å². The lowest BCUT2D eigenvalue weighted by Gasteiger charge is -2.28. The average molecular weight is 463 g/mol. The lowest BCUT2D eigenvalue weighted by atomic mass is 10.0. The van der Waals surface area contributed by atoms with Crippen LogP contribution in [0.15, 0.2) is 18.2 Å². The van der Waals surface area contributed by atoms with Crippen molar-refractivity contribution in [3.63, 3.8) is 0 Å². The maximum absolute atomic E-state index is 13.6. The molecule has 0 radical (unpaired) electrons. The van der Waals surface area contributed by atoms with Gasteiger partial charge in [-0.1, -0.05) is 0 Å². The fourth-order valence-electron chi connectivity index (χ4n) is 5.55. The van der Waals surface area contributed by atoms with Crippen LogP contribution in [0.3, 0.4) is 0 Å². The van der Waals surface area contributed by atoms with Gasteiger partial charge < -0.3 is 25.2 Å². The molecular weight excluding hydrogens is 432 g/mol. The summed E-state index contributed by atoms with van der Waals surface area (Å²) in [5.41, 5.74) is 4.57. The Balaban J connectivity index is 1.44. The molecule has 2 aromatic rings. The van der Waals surface area contributed by atoms with Crippen molar-refractivity contribution >= 4 is 35.1 Å². The lowest BCUT2D eigenvalue weighted by molar-refractivity contribution is -0.110. The molecule has 1 atom stereocenters. The van der Waals surface area contributed by atoms with Crippen LogP contribution in [0.1, 0.15) is 68.9 Å². The van der Waals surface area contributed by atoms with Crippen LogP contribution in [-0.4, -0.2) is 69.9 Å². The molecule has 4 heterocycles. The molecule has 1 aromatic heterocycles. The topological polar surface area (TPSA) is 106 Å². The molecule has 178 valence electrons. The van der Waals surface area contributed by atoms with Crippen LogP contribution in [0.5, 0.6) is 0 Å². The number of aromatic nitrogens is 1. The summed E-state index contributed by atoms with van der Waals surface area (Å²) in [6.45, 7) is 7.73. The molecule has 1 aromatic carbocycles. The van der Waals surface area contributed by atoms with Gasteiger partial charge in [-0.15, -0.1) is 0 Å². The Morgan fingerprint density at radius 3 is 2.65 bits per heavy atom. The van der Waals surface area contributed by atoms with Crippen LogP contribution < -0.4 is 5.32 Å². The molecule has 8 heteroatoms. The maximum Gasteiger partial charge on any atom is 0.335 e. The molecule has 3 aliphatic heterocycles. The number of aryl methyl sites for hydroxylation is 1. The normalized spacial score (nSPS) is 21.4. The van der Waals surface area contributed by atoms with E-state index in [-0.39, 0.29) is 23.4 Å². The minimum absolute atomic E-state index is 0.0436. The number of carbonyl (C=O) groups excluding carboxylic acids is 2. The van der Waals surface area contributed by atoms with E-state index in [9.17, 15) is 19.5 Å². The molecule has 0 unspecified atom stereocenters. The second-order valence-corrected chi connectivity index (χ2v) is 9.54. The molecule has 2 fully saturated rings. The number of hydrogen-bond donors (Lipinski definition) is 3. The number of amides is 2. The molecule has 0 bridgehead atoms. The second-order valence-electron chi connectivity index (χ2n) is 9.54. The molecule has 8 nitrogen and oxygen atoms in total. The summed E-state index contributed by atoms with van der Waals surface area (Å²) in [7, 11) is 0. The highest BCUT2D eigenvalue weighted by Crippen LogP contribution is 2.35. The zero-order valence-electron chi connectivity index (χ0n) is 19.6. The molecule has 5 rings (SSSR count).